The van der Waals surface area contributed by atoms with E-state index in [0.29, 0.717) is 38.5 Å². The van der Waals surface area contributed by atoms with Crippen LogP contribution in [0.3, 0.4) is 0 Å². The molecule has 4 rings (SSSR count). The Hall–Kier alpha value is -3.62. The summed E-state index contributed by atoms with van der Waals surface area (Å²) < 4.78 is 37.3. The summed E-state index contributed by atoms with van der Waals surface area (Å²) in [6.07, 6.45) is 3.99. The van der Waals surface area contributed by atoms with E-state index >= 15 is 0 Å². The molecule has 0 saturated heterocycles. The summed E-state index contributed by atoms with van der Waals surface area (Å²) in [5.74, 6) is -2.36. The summed E-state index contributed by atoms with van der Waals surface area (Å²) in [4.78, 5) is 38.6. The van der Waals surface area contributed by atoms with Crippen LogP contribution in [0, 0.1) is 17.7 Å². The molecule has 9 heteroatoms. The van der Waals surface area contributed by atoms with Gasteiger partial charge < -0.3 is 24.3 Å². The molecule has 2 fully saturated rings. The van der Waals surface area contributed by atoms with Crippen LogP contribution in [-0.4, -0.2) is 42.7 Å². The highest BCUT2D eigenvalue weighted by Crippen LogP contribution is 2.34. The summed E-state index contributed by atoms with van der Waals surface area (Å²) in [6, 6.07) is 11.5. The lowest BCUT2D eigenvalue weighted by Gasteiger charge is -2.30. The number of benzene rings is 2. The van der Waals surface area contributed by atoms with Gasteiger partial charge in [-0.15, -0.1) is 0 Å². The Bertz CT molecular complexity index is 1220. The second-order valence-electron chi connectivity index (χ2n) is 11.8. The van der Waals surface area contributed by atoms with Gasteiger partial charge in [-0.05, 0) is 70.9 Å². The Morgan fingerprint density at radius 2 is 1.63 bits per heavy atom. The molecule has 2 unspecified atom stereocenters. The highest BCUT2D eigenvalue weighted by Gasteiger charge is 2.36. The Morgan fingerprint density at radius 1 is 0.927 bits per heavy atom. The van der Waals surface area contributed by atoms with Crippen molar-refractivity contribution in [3.8, 4) is 11.5 Å². The van der Waals surface area contributed by atoms with Crippen LogP contribution in [0.1, 0.15) is 81.6 Å². The first-order chi connectivity index (χ1) is 19.5. The number of ether oxygens (including phenoxy) is 4. The van der Waals surface area contributed by atoms with Crippen molar-refractivity contribution < 1.29 is 37.7 Å². The third-order valence-electron chi connectivity index (χ3n) is 7.57. The fourth-order valence-electron chi connectivity index (χ4n) is 5.45. The van der Waals surface area contributed by atoms with Gasteiger partial charge in [0.25, 0.3) is 5.91 Å². The lowest BCUT2D eigenvalue weighted by atomic mass is 9.87. The van der Waals surface area contributed by atoms with Gasteiger partial charge in [0.2, 0.25) is 0 Å². The Kier molecular flexibility index (Phi) is 9.89. The molecule has 0 aromatic heterocycles. The van der Waals surface area contributed by atoms with Crippen LogP contribution in [0.25, 0.3) is 0 Å². The van der Waals surface area contributed by atoms with Crippen LogP contribution in [0.5, 0.6) is 11.5 Å². The minimum atomic E-state index is -0.643. The topological polar surface area (TPSA) is 100 Å². The molecule has 2 aromatic rings. The van der Waals surface area contributed by atoms with Crippen molar-refractivity contribution in [3.63, 3.8) is 0 Å². The highest BCUT2D eigenvalue weighted by molar-refractivity contribution is 5.98. The van der Waals surface area contributed by atoms with Crippen molar-refractivity contribution in [2.24, 2.45) is 11.8 Å². The molecule has 2 saturated carbocycles. The average molecular weight is 570 g/mol. The molecule has 41 heavy (non-hydrogen) atoms. The SMILES string of the molecule is COc1cc(F)c(OC2CCC(C(=O)OC(C)(C)C)CC2)cc1C(=O)NC1CCCC1C(=O)OCc1ccccc1. The fourth-order valence-corrected chi connectivity index (χ4v) is 5.45. The maximum absolute atomic E-state index is 15.0. The quantitative estimate of drug-likeness (QED) is 0.384. The summed E-state index contributed by atoms with van der Waals surface area (Å²) in [7, 11) is 1.36. The zero-order chi connectivity index (χ0) is 29.6. The zero-order valence-corrected chi connectivity index (χ0v) is 24.2. The number of halogens is 1. The van der Waals surface area contributed by atoms with E-state index in [1.165, 1.54) is 13.2 Å². The Labute approximate surface area is 240 Å². The molecule has 0 bridgehead atoms. The van der Waals surface area contributed by atoms with Crippen molar-refractivity contribution >= 4 is 17.8 Å². The van der Waals surface area contributed by atoms with Gasteiger partial charge in [0.05, 0.1) is 30.6 Å². The highest BCUT2D eigenvalue weighted by atomic mass is 19.1. The van der Waals surface area contributed by atoms with E-state index in [9.17, 15) is 18.8 Å². The number of rotatable bonds is 9. The van der Waals surface area contributed by atoms with Crippen molar-refractivity contribution in [2.75, 3.05) is 7.11 Å². The fraction of sp³-hybridized carbons (Fsp3) is 0.531. The summed E-state index contributed by atoms with van der Waals surface area (Å²) in [6.45, 7) is 5.68. The second kappa shape index (κ2) is 13.4. The van der Waals surface area contributed by atoms with Gasteiger partial charge in [0.15, 0.2) is 11.6 Å². The molecule has 2 aliphatic carbocycles. The van der Waals surface area contributed by atoms with Crippen LogP contribution >= 0.6 is 0 Å². The molecule has 8 nitrogen and oxygen atoms in total. The lowest BCUT2D eigenvalue weighted by molar-refractivity contribution is -0.161. The van der Waals surface area contributed by atoms with Crippen LogP contribution in [0.4, 0.5) is 4.39 Å². The molecule has 0 heterocycles. The second-order valence-corrected chi connectivity index (χ2v) is 11.8. The number of hydrogen-bond acceptors (Lipinski definition) is 7. The first-order valence-corrected chi connectivity index (χ1v) is 14.3. The van der Waals surface area contributed by atoms with Gasteiger partial charge in [-0.1, -0.05) is 36.8 Å². The van der Waals surface area contributed by atoms with E-state index < -0.39 is 29.3 Å². The number of esters is 2. The van der Waals surface area contributed by atoms with Crippen molar-refractivity contribution in [3.05, 3.63) is 59.4 Å². The number of methoxy groups -OCH3 is 1. The van der Waals surface area contributed by atoms with Gasteiger partial charge in [-0.25, -0.2) is 4.39 Å². The van der Waals surface area contributed by atoms with Crippen molar-refractivity contribution in [1.82, 2.24) is 5.32 Å². The molecule has 2 aliphatic rings. The van der Waals surface area contributed by atoms with E-state index in [1.807, 2.05) is 51.1 Å². The molecule has 222 valence electrons. The van der Waals surface area contributed by atoms with Crippen LogP contribution < -0.4 is 14.8 Å². The largest absolute Gasteiger partial charge is 0.496 e. The molecule has 0 spiro atoms. The molecular formula is C32H40FNO7. The van der Waals surface area contributed by atoms with Gasteiger partial charge in [0, 0.05) is 12.1 Å². The Balaban J connectivity index is 1.37. The molecule has 2 aromatic carbocycles. The molecular weight excluding hydrogens is 529 g/mol. The monoisotopic (exact) mass is 569 g/mol. The third-order valence-corrected chi connectivity index (χ3v) is 7.57. The molecule has 0 aliphatic heterocycles. The third kappa shape index (κ3) is 8.21. The number of amides is 1. The van der Waals surface area contributed by atoms with Crippen molar-refractivity contribution in [2.45, 2.75) is 90.1 Å². The lowest BCUT2D eigenvalue weighted by Crippen LogP contribution is -2.41. The first-order valence-electron chi connectivity index (χ1n) is 14.3. The maximum Gasteiger partial charge on any atom is 0.311 e. The normalized spacial score (nSPS) is 22.5. The summed E-state index contributed by atoms with van der Waals surface area (Å²) >= 11 is 0. The minimum Gasteiger partial charge on any atom is -0.496 e. The molecule has 1 amide bonds. The number of nitrogens with one attached hydrogen (secondary N) is 1. The predicted octanol–water partition coefficient (Wildman–Crippen LogP) is 5.76. The predicted molar refractivity (Wildman–Crippen MR) is 150 cm³/mol. The Morgan fingerprint density at radius 3 is 2.29 bits per heavy atom. The standard InChI is InChI=1S/C32H40FNO7/c1-32(2,3)41-30(36)21-13-15-22(16-14-21)40-28-17-24(27(38-4)18-25(28)33)29(35)34-26-12-8-11-23(26)31(37)39-19-20-9-6-5-7-10-20/h5-7,9-10,17-18,21-23,26H,8,11-16,19H2,1-4H3,(H,34,35). The average Bonchev–Trinajstić information content (AvgIpc) is 3.40. The van der Waals surface area contributed by atoms with Crippen LogP contribution in [0.2, 0.25) is 0 Å². The van der Waals surface area contributed by atoms with E-state index in [-0.39, 0.29) is 47.6 Å². The van der Waals surface area contributed by atoms with E-state index in [4.69, 9.17) is 18.9 Å². The van der Waals surface area contributed by atoms with Gasteiger partial charge >= 0.3 is 11.9 Å². The molecule has 0 radical (unpaired) electrons. The number of carbonyl (C=O) groups excluding carboxylic acids is 3. The van der Waals surface area contributed by atoms with E-state index in [1.54, 1.807) is 0 Å². The minimum absolute atomic E-state index is 0.0538. The summed E-state index contributed by atoms with van der Waals surface area (Å²) in [5, 5.41) is 2.94. The smallest absolute Gasteiger partial charge is 0.311 e. The maximum atomic E-state index is 15.0. The van der Waals surface area contributed by atoms with E-state index in [2.05, 4.69) is 5.32 Å². The van der Waals surface area contributed by atoms with Crippen LogP contribution in [0.15, 0.2) is 42.5 Å². The molecule has 1 N–H and O–H groups in total. The van der Waals surface area contributed by atoms with Gasteiger partial charge in [0.1, 0.15) is 18.0 Å². The first kappa shape index (κ1) is 30.3. The van der Waals surface area contributed by atoms with Crippen molar-refractivity contribution in [1.29, 1.82) is 0 Å². The molecule has 2 atom stereocenters. The van der Waals surface area contributed by atoms with Gasteiger partial charge in [-0.2, -0.15) is 0 Å². The number of hydrogen-bond donors (Lipinski definition) is 1. The van der Waals surface area contributed by atoms with E-state index in [0.717, 1.165) is 18.1 Å². The van der Waals surface area contributed by atoms with Gasteiger partial charge in [-0.3, -0.25) is 14.4 Å². The number of carbonyl (C=O) groups is 3. The summed E-state index contributed by atoms with van der Waals surface area (Å²) in [5.41, 5.74) is 0.463. The van der Waals surface area contributed by atoms with Crippen LogP contribution in [-0.2, 0) is 25.7 Å². The zero-order valence-electron chi connectivity index (χ0n) is 24.2.